The number of Topliss-reactive ketones (excluding diaryl/α,β-unsaturated/α-hetero) is 1. The monoisotopic (exact) mass is 193 g/mol. The van der Waals surface area contributed by atoms with Crippen LogP contribution in [0.25, 0.3) is 0 Å². The maximum Gasteiger partial charge on any atom is 0.168 e. The van der Waals surface area contributed by atoms with Gasteiger partial charge < -0.3 is 5.11 Å². The van der Waals surface area contributed by atoms with Gasteiger partial charge in [-0.05, 0) is 25.0 Å². The summed E-state index contributed by atoms with van der Waals surface area (Å²) >= 11 is 0. The van der Waals surface area contributed by atoms with Crippen LogP contribution in [0.4, 0.5) is 0 Å². The molecule has 0 saturated heterocycles. The highest BCUT2D eigenvalue weighted by Crippen LogP contribution is 2.13. The molecule has 0 fully saturated rings. The maximum absolute atomic E-state index is 11.6. The zero-order chi connectivity index (χ0) is 10.6. The third kappa shape index (κ3) is 2.64. The van der Waals surface area contributed by atoms with Gasteiger partial charge in [-0.3, -0.25) is 9.78 Å². The molecule has 3 nitrogen and oxygen atoms in total. The lowest BCUT2D eigenvalue weighted by Gasteiger charge is -2.19. The lowest BCUT2D eigenvalue weighted by atomic mass is 9.93. The minimum atomic E-state index is -1.21. The van der Waals surface area contributed by atoms with E-state index in [-0.39, 0.29) is 12.2 Å². The van der Waals surface area contributed by atoms with E-state index in [1.165, 1.54) is 0 Å². The Balaban J connectivity index is 2.67. The SMILES string of the molecule is CCC(C)(O)C(=O)Cc1cccnc1. The van der Waals surface area contributed by atoms with Crippen LogP contribution < -0.4 is 0 Å². The highest BCUT2D eigenvalue weighted by atomic mass is 16.3. The average Bonchev–Trinajstić information content (AvgIpc) is 2.19. The smallest absolute Gasteiger partial charge is 0.168 e. The zero-order valence-electron chi connectivity index (χ0n) is 8.53. The summed E-state index contributed by atoms with van der Waals surface area (Å²) in [6.07, 6.45) is 3.98. The van der Waals surface area contributed by atoms with Crippen molar-refractivity contribution in [2.45, 2.75) is 32.3 Å². The molecule has 1 aromatic rings. The first-order chi connectivity index (χ1) is 6.56. The van der Waals surface area contributed by atoms with Gasteiger partial charge in [0, 0.05) is 18.8 Å². The summed E-state index contributed by atoms with van der Waals surface area (Å²) in [5.74, 6) is -0.159. The lowest BCUT2D eigenvalue weighted by Crippen LogP contribution is -2.35. The number of nitrogens with zero attached hydrogens (tertiary/aromatic N) is 1. The summed E-state index contributed by atoms with van der Waals surface area (Å²) in [6.45, 7) is 3.34. The maximum atomic E-state index is 11.6. The number of aromatic nitrogens is 1. The Bertz CT molecular complexity index is 306. The molecule has 0 bridgehead atoms. The summed E-state index contributed by atoms with van der Waals surface area (Å²) in [5.41, 5.74) is -0.373. The molecular weight excluding hydrogens is 178 g/mol. The standard InChI is InChI=1S/C11H15NO2/c1-3-11(2,14)10(13)7-9-5-4-6-12-8-9/h4-6,8,14H,3,7H2,1-2H3. The molecule has 1 aromatic heterocycles. The van der Waals surface area contributed by atoms with Crippen LogP contribution in [-0.2, 0) is 11.2 Å². The number of aliphatic hydroxyl groups is 1. The van der Waals surface area contributed by atoms with Crippen LogP contribution in [-0.4, -0.2) is 21.5 Å². The van der Waals surface area contributed by atoms with Crippen LogP contribution in [0.1, 0.15) is 25.8 Å². The van der Waals surface area contributed by atoms with Crippen molar-refractivity contribution in [3.8, 4) is 0 Å². The molecule has 1 rings (SSSR count). The van der Waals surface area contributed by atoms with E-state index < -0.39 is 5.60 Å². The third-order valence-corrected chi connectivity index (χ3v) is 2.38. The van der Waals surface area contributed by atoms with Crippen molar-refractivity contribution in [3.05, 3.63) is 30.1 Å². The van der Waals surface area contributed by atoms with Crippen molar-refractivity contribution < 1.29 is 9.90 Å². The Morgan fingerprint density at radius 1 is 1.64 bits per heavy atom. The molecule has 0 saturated carbocycles. The minimum absolute atomic E-state index is 0.159. The van der Waals surface area contributed by atoms with E-state index in [2.05, 4.69) is 4.98 Å². The van der Waals surface area contributed by atoms with Crippen LogP contribution in [0.2, 0.25) is 0 Å². The molecule has 0 amide bonds. The van der Waals surface area contributed by atoms with Crippen LogP contribution >= 0.6 is 0 Å². The van der Waals surface area contributed by atoms with E-state index >= 15 is 0 Å². The number of rotatable bonds is 4. The number of hydrogen-bond donors (Lipinski definition) is 1. The summed E-state index contributed by atoms with van der Waals surface area (Å²) in [6, 6.07) is 3.61. The molecule has 0 aliphatic carbocycles. The Morgan fingerprint density at radius 2 is 2.36 bits per heavy atom. The fourth-order valence-electron chi connectivity index (χ4n) is 1.08. The Hall–Kier alpha value is -1.22. The average molecular weight is 193 g/mol. The van der Waals surface area contributed by atoms with Crippen LogP contribution in [0.15, 0.2) is 24.5 Å². The van der Waals surface area contributed by atoms with Gasteiger partial charge in [-0.2, -0.15) is 0 Å². The lowest BCUT2D eigenvalue weighted by molar-refractivity contribution is -0.135. The number of hydrogen-bond acceptors (Lipinski definition) is 3. The van der Waals surface area contributed by atoms with Crippen molar-refractivity contribution in [3.63, 3.8) is 0 Å². The Morgan fingerprint density at radius 3 is 2.86 bits per heavy atom. The van der Waals surface area contributed by atoms with Gasteiger partial charge in [-0.1, -0.05) is 13.0 Å². The second kappa shape index (κ2) is 4.33. The molecule has 14 heavy (non-hydrogen) atoms. The van der Waals surface area contributed by atoms with E-state index in [1.807, 2.05) is 6.07 Å². The van der Waals surface area contributed by atoms with Gasteiger partial charge in [-0.15, -0.1) is 0 Å². The van der Waals surface area contributed by atoms with E-state index in [0.29, 0.717) is 6.42 Å². The molecule has 76 valence electrons. The predicted octanol–water partition coefficient (Wildman–Crippen LogP) is 1.35. The van der Waals surface area contributed by atoms with E-state index in [0.717, 1.165) is 5.56 Å². The molecular formula is C11H15NO2. The fraction of sp³-hybridized carbons (Fsp3) is 0.455. The molecule has 1 N–H and O–H groups in total. The van der Waals surface area contributed by atoms with Gasteiger partial charge in [-0.25, -0.2) is 0 Å². The van der Waals surface area contributed by atoms with E-state index in [4.69, 9.17) is 0 Å². The second-order valence-corrected chi connectivity index (χ2v) is 3.59. The second-order valence-electron chi connectivity index (χ2n) is 3.59. The largest absolute Gasteiger partial charge is 0.382 e. The molecule has 0 radical (unpaired) electrons. The van der Waals surface area contributed by atoms with E-state index in [9.17, 15) is 9.90 Å². The molecule has 1 unspecified atom stereocenters. The Labute approximate surface area is 83.8 Å². The number of ketones is 1. The number of carbonyl (C=O) groups is 1. The van der Waals surface area contributed by atoms with Crippen molar-refractivity contribution >= 4 is 5.78 Å². The Kier molecular flexibility index (Phi) is 3.36. The van der Waals surface area contributed by atoms with E-state index in [1.54, 1.807) is 32.3 Å². The molecule has 1 atom stereocenters. The van der Waals surface area contributed by atoms with Crippen molar-refractivity contribution in [1.82, 2.24) is 4.98 Å². The first kappa shape index (κ1) is 10.9. The van der Waals surface area contributed by atoms with Crippen molar-refractivity contribution in [2.75, 3.05) is 0 Å². The molecule has 0 spiro atoms. The molecule has 0 aromatic carbocycles. The highest BCUT2D eigenvalue weighted by Gasteiger charge is 2.27. The van der Waals surface area contributed by atoms with Gasteiger partial charge in [0.1, 0.15) is 5.60 Å². The summed E-state index contributed by atoms with van der Waals surface area (Å²) in [7, 11) is 0. The molecule has 0 aliphatic rings. The van der Waals surface area contributed by atoms with Gasteiger partial charge in [0.25, 0.3) is 0 Å². The number of carbonyl (C=O) groups excluding carboxylic acids is 1. The summed E-state index contributed by atoms with van der Waals surface area (Å²) in [5, 5.41) is 9.68. The van der Waals surface area contributed by atoms with Crippen LogP contribution in [0.3, 0.4) is 0 Å². The number of pyridine rings is 1. The predicted molar refractivity (Wildman–Crippen MR) is 53.9 cm³/mol. The first-order valence-corrected chi connectivity index (χ1v) is 4.71. The van der Waals surface area contributed by atoms with Crippen molar-refractivity contribution in [2.24, 2.45) is 0 Å². The summed E-state index contributed by atoms with van der Waals surface area (Å²) in [4.78, 5) is 15.5. The van der Waals surface area contributed by atoms with Gasteiger partial charge >= 0.3 is 0 Å². The molecule has 0 aliphatic heterocycles. The zero-order valence-corrected chi connectivity index (χ0v) is 8.53. The quantitative estimate of drug-likeness (QED) is 0.785. The summed E-state index contributed by atoms with van der Waals surface area (Å²) < 4.78 is 0. The van der Waals surface area contributed by atoms with Crippen LogP contribution in [0.5, 0.6) is 0 Å². The molecule has 3 heteroatoms. The van der Waals surface area contributed by atoms with Crippen molar-refractivity contribution in [1.29, 1.82) is 0 Å². The highest BCUT2D eigenvalue weighted by molar-refractivity contribution is 5.88. The third-order valence-electron chi connectivity index (χ3n) is 2.38. The fourth-order valence-corrected chi connectivity index (χ4v) is 1.08. The molecule has 1 heterocycles. The first-order valence-electron chi connectivity index (χ1n) is 4.71. The normalized spacial score (nSPS) is 14.8. The van der Waals surface area contributed by atoms with Crippen LogP contribution in [0, 0.1) is 0 Å². The topological polar surface area (TPSA) is 50.2 Å². The minimum Gasteiger partial charge on any atom is -0.382 e. The van der Waals surface area contributed by atoms with Gasteiger partial charge in [0.2, 0.25) is 0 Å². The van der Waals surface area contributed by atoms with Gasteiger partial charge in [0.15, 0.2) is 5.78 Å². The van der Waals surface area contributed by atoms with Gasteiger partial charge in [0.05, 0.1) is 0 Å².